The van der Waals surface area contributed by atoms with Crippen LogP contribution in [0.25, 0.3) is 0 Å². The van der Waals surface area contributed by atoms with Crippen LogP contribution in [0.3, 0.4) is 0 Å². The fourth-order valence-corrected chi connectivity index (χ4v) is 1.08. The SMILES string of the molecule is N#C/C(=N\Nc1ccc(F)c(C(F)(F)F)c1)C(=N)N. The first-order valence-electron chi connectivity index (χ1n) is 4.70. The van der Waals surface area contributed by atoms with Gasteiger partial charge in [0.1, 0.15) is 11.9 Å². The molecule has 0 heterocycles. The van der Waals surface area contributed by atoms with Crippen molar-refractivity contribution in [2.75, 3.05) is 5.43 Å². The van der Waals surface area contributed by atoms with Crippen LogP contribution in [0.4, 0.5) is 23.2 Å². The number of nitriles is 1. The van der Waals surface area contributed by atoms with Crippen molar-refractivity contribution in [3.63, 3.8) is 0 Å². The number of hydrazone groups is 1. The number of amidine groups is 1. The molecule has 0 bridgehead atoms. The van der Waals surface area contributed by atoms with Crippen molar-refractivity contribution in [1.29, 1.82) is 10.7 Å². The number of nitrogens with one attached hydrogen (secondary N) is 2. The van der Waals surface area contributed by atoms with E-state index in [0.717, 1.165) is 6.07 Å². The third-order valence-corrected chi connectivity index (χ3v) is 1.93. The van der Waals surface area contributed by atoms with Crippen molar-refractivity contribution in [2.24, 2.45) is 10.8 Å². The van der Waals surface area contributed by atoms with Gasteiger partial charge in [0, 0.05) is 0 Å². The van der Waals surface area contributed by atoms with Gasteiger partial charge < -0.3 is 5.73 Å². The van der Waals surface area contributed by atoms with Gasteiger partial charge in [-0.15, -0.1) is 0 Å². The van der Waals surface area contributed by atoms with Gasteiger partial charge in [-0.25, -0.2) is 4.39 Å². The summed E-state index contributed by atoms with van der Waals surface area (Å²) in [5.74, 6) is -2.07. The summed E-state index contributed by atoms with van der Waals surface area (Å²) in [5.41, 5.74) is 4.92. The second kappa shape index (κ2) is 5.34. The molecule has 9 heteroatoms. The molecule has 0 radical (unpaired) electrons. The first kappa shape index (κ1) is 14.4. The highest BCUT2D eigenvalue weighted by Gasteiger charge is 2.34. The van der Waals surface area contributed by atoms with E-state index in [4.69, 9.17) is 16.4 Å². The lowest BCUT2D eigenvalue weighted by Gasteiger charge is -2.09. The van der Waals surface area contributed by atoms with Gasteiger partial charge in [-0.1, -0.05) is 0 Å². The van der Waals surface area contributed by atoms with Gasteiger partial charge in [0.15, 0.2) is 5.84 Å². The first-order chi connectivity index (χ1) is 8.75. The van der Waals surface area contributed by atoms with Crippen LogP contribution >= 0.6 is 0 Å². The van der Waals surface area contributed by atoms with Gasteiger partial charge >= 0.3 is 6.18 Å². The number of halogens is 4. The molecule has 0 aliphatic carbocycles. The molecule has 1 aromatic rings. The maximum Gasteiger partial charge on any atom is 0.419 e. The molecule has 1 rings (SSSR count). The Morgan fingerprint density at radius 3 is 2.53 bits per heavy atom. The van der Waals surface area contributed by atoms with Crippen LogP contribution in [0.2, 0.25) is 0 Å². The maximum atomic E-state index is 13.0. The van der Waals surface area contributed by atoms with Gasteiger partial charge in [0.2, 0.25) is 5.71 Å². The van der Waals surface area contributed by atoms with E-state index in [1.165, 1.54) is 6.07 Å². The van der Waals surface area contributed by atoms with Crippen LogP contribution in [0, 0.1) is 22.6 Å². The number of nitrogens with two attached hydrogens (primary N) is 1. The molecule has 0 amide bonds. The van der Waals surface area contributed by atoms with Gasteiger partial charge in [-0.3, -0.25) is 10.8 Å². The van der Waals surface area contributed by atoms with Crippen molar-refractivity contribution in [2.45, 2.75) is 6.18 Å². The van der Waals surface area contributed by atoms with Gasteiger partial charge in [0.25, 0.3) is 0 Å². The third-order valence-electron chi connectivity index (χ3n) is 1.93. The topological polar surface area (TPSA) is 98.0 Å². The summed E-state index contributed by atoms with van der Waals surface area (Å²) in [6.45, 7) is 0. The zero-order chi connectivity index (χ0) is 14.6. The van der Waals surface area contributed by atoms with Crippen LogP contribution < -0.4 is 11.2 Å². The monoisotopic (exact) mass is 273 g/mol. The van der Waals surface area contributed by atoms with E-state index in [1.54, 1.807) is 0 Å². The fourth-order valence-electron chi connectivity index (χ4n) is 1.08. The molecular weight excluding hydrogens is 266 g/mol. The van der Waals surface area contributed by atoms with Crippen LogP contribution in [-0.2, 0) is 6.18 Å². The minimum atomic E-state index is -4.84. The highest BCUT2D eigenvalue weighted by atomic mass is 19.4. The highest BCUT2D eigenvalue weighted by Crippen LogP contribution is 2.32. The highest BCUT2D eigenvalue weighted by molar-refractivity contribution is 6.45. The first-order valence-corrected chi connectivity index (χ1v) is 4.70. The molecule has 0 aliphatic rings. The standard InChI is InChI=1S/C10H7F4N5/c11-7-2-1-5(3-6(7)10(12,13)14)18-19-8(4-15)9(16)17/h1-3,18H,(H3,16,17)/b19-8+. The molecule has 19 heavy (non-hydrogen) atoms. The van der Waals surface area contributed by atoms with E-state index in [9.17, 15) is 17.6 Å². The van der Waals surface area contributed by atoms with E-state index in [1.807, 2.05) is 0 Å². The van der Waals surface area contributed by atoms with E-state index in [0.29, 0.717) is 12.1 Å². The van der Waals surface area contributed by atoms with Gasteiger partial charge in [-0.2, -0.15) is 23.5 Å². The fraction of sp³-hybridized carbons (Fsp3) is 0.100. The van der Waals surface area contributed by atoms with Crippen molar-refractivity contribution in [1.82, 2.24) is 0 Å². The molecule has 0 fully saturated rings. The Balaban J connectivity index is 3.06. The Hall–Kier alpha value is -2.63. The quantitative estimate of drug-likeness (QED) is 0.340. The molecule has 0 unspecified atom stereocenters. The average Bonchev–Trinajstić information content (AvgIpc) is 2.30. The van der Waals surface area contributed by atoms with Crippen molar-refractivity contribution >= 4 is 17.2 Å². The van der Waals surface area contributed by atoms with E-state index in [-0.39, 0.29) is 5.69 Å². The molecule has 0 saturated heterocycles. The lowest BCUT2D eigenvalue weighted by molar-refractivity contribution is -0.139. The zero-order valence-electron chi connectivity index (χ0n) is 9.22. The molecule has 0 saturated carbocycles. The number of nitrogens with zero attached hydrogens (tertiary/aromatic N) is 2. The van der Waals surface area contributed by atoms with Crippen LogP contribution in [0.5, 0.6) is 0 Å². The van der Waals surface area contributed by atoms with Gasteiger partial charge in [0.05, 0.1) is 11.3 Å². The van der Waals surface area contributed by atoms with Crippen LogP contribution in [0.15, 0.2) is 23.3 Å². The van der Waals surface area contributed by atoms with Crippen LogP contribution in [-0.4, -0.2) is 11.5 Å². The number of anilines is 1. The van der Waals surface area contributed by atoms with E-state index >= 15 is 0 Å². The normalized spacial score (nSPS) is 11.8. The predicted octanol–water partition coefficient (Wildman–Crippen LogP) is 2.07. The molecule has 100 valence electrons. The molecule has 0 atom stereocenters. The second-order valence-corrected chi connectivity index (χ2v) is 3.29. The Morgan fingerprint density at radius 1 is 1.42 bits per heavy atom. The number of alkyl halides is 3. The molecule has 1 aromatic carbocycles. The second-order valence-electron chi connectivity index (χ2n) is 3.29. The number of rotatable bonds is 3. The summed E-state index contributed by atoms with van der Waals surface area (Å²) in [5, 5.41) is 18.8. The summed E-state index contributed by atoms with van der Waals surface area (Å²) in [6.07, 6.45) is -4.84. The number of hydrogen-bond acceptors (Lipinski definition) is 4. The Labute approximate surface area is 104 Å². The summed E-state index contributed by atoms with van der Waals surface area (Å²) >= 11 is 0. The maximum absolute atomic E-state index is 13.0. The number of benzene rings is 1. The Kier molecular flexibility index (Phi) is 4.06. The third kappa shape index (κ3) is 3.67. The molecule has 0 aromatic heterocycles. The van der Waals surface area contributed by atoms with Crippen molar-refractivity contribution in [3.05, 3.63) is 29.6 Å². The lowest BCUT2D eigenvalue weighted by atomic mass is 10.2. The largest absolute Gasteiger partial charge is 0.419 e. The smallest absolute Gasteiger partial charge is 0.382 e. The van der Waals surface area contributed by atoms with E-state index in [2.05, 4.69) is 10.5 Å². The summed E-state index contributed by atoms with van der Waals surface area (Å²) in [4.78, 5) is 0. The molecule has 0 spiro atoms. The minimum absolute atomic E-state index is 0.192. The minimum Gasteiger partial charge on any atom is -0.382 e. The van der Waals surface area contributed by atoms with Crippen molar-refractivity contribution < 1.29 is 17.6 Å². The Bertz CT molecular complexity index is 570. The van der Waals surface area contributed by atoms with Gasteiger partial charge in [-0.05, 0) is 18.2 Å². The Morgan fingerprint density at radius 2 is 2.05 bits per heavy atom. The average molecular weight is 273 g/mol. The van der Waals surface area contributed by atoms with Crippen molar-refractivity contribution in [3.8, 4) is 6.07 Å². The summed E-state index contributed by atoms with van der Waals surface area (Å²) in [6, 6.07) is 3.58. The molecule has 0 aliphatic heterocycles. The molecule has 4 N–H and O–H groups in total. The predicted molar refractivity (Wildman–Crippen MR) is 60.0 cm³/mol. The molecule has 5 nitrogen and oxygen atoms in total. The van der Waals surface area contributed by atoms with Crippen LogP contribution in [0.1, 0.15) is 5.56 Å². The number of hydrogen-bond donors (Lipinski definition) is 3. The van der Waals surface area contributed by atoms with E-state index < -0.39 is 29.1 Å². The summed E-state index contributed by atoms with van der Waals surface area (Å²) < 4.78 is 50.2. The zero-order valence-corrected chi connectivity index (χ0v) is 9.22. The summed E-state index contributed by atoms with van der Waals surface area (Å²) in [7, 11) is 0. The lowest BCUT2D eigenvalue weighted by Crippen LogP contribution is -2.21. The molecular formula is C10H7F4N5.